The summed E-state index contributed by atoms with van der Waals surface area (Å²) < 4.78 is 37.0. The molecule has 1 unspecified atom stereocenters. The molecule has 0 amide bonds. The number of aryl methyl sites for hydroxylation is 1. The maximum atomic E-state index is 13.4. The van der Waals surface area contributed by atoms with Gasteiger partial charge in [-0.1, -0.05) is 24.3 Å². The van der Waals surface area contributed by atoms with Gasteiger partial charge in [0.05, 0.1) is 12.3 Å². The van der Waals surface area contributed by atoms with Crippen LogP contribution in [0.5, 0.6) is 5.88 Å². The summed E-state index contributed by atoms with van der Waals surface area (Å²) in [6.07, 6.45) is 0.179. The van der Waals surface area contributed by atoms with E-state index in [1.807, 2.05) is 31.2 Å². The molecule has 0 saturated carbocycles. The second-order valence-corrected chi connectivity index (χ2v) is 11.9. The van der Waals surface area contributed by atoms with Gasteiger partial charge in [0.15, 0.2) is 4.75 Å². The molecule has 0 aliphatic carbocycles. The topological polar surface area (TPSA) is 146 Å². The van der Waals surface area contributed by atoms with Crippen molar-refractivity contribution >= 4 is 16.0 Å². The lowest BCUT2D eigenvalue weighted by atomic mass is 9.88. The molecule has 37 heavy (non-hydrogen) atoms. The van der Waals surface area contributed by atoms with Crippen molar-refractivity contribution in [3.05, 3.63) is 47.5 Å². The van der Waals surface area contributed by atoms with Crippen LogP contribution in [0.1, 0.15) is 42.7 Å². The Morgan fingerprint density at radius 2 is 1.92 bits per heavy atom. The third kappa shape index (κ3) is 5.65. The molecule has 4 rings (SSSR count). The van der Waals surface area contributed by atoms with E-state index < -0.39 is 26.8 Å². The number of ether oxygens (including phenoxy) is 2. The lowest BCUT2D eigenvalue weighted by Gasteiger charge is -2.39. The molecule has 1 atom stereocenters. The van der Waals surface area contributed by atoms with Crippen LogP contribution < -0.4 is 4.74 Å². The van der Waals surface area contributed by atoms with E-state index in [9.17, 15) is 23.4 Å². The van der Waals surface area contributed by atoms with E-state index in [0.29, 0.717) is 18.7 Å². The molecule has 1 aromatic heterocycles. The molecule has 202 valence electrons. The number of sulfonamides is 1. The van der Waals surface area contributed by atoms with Crippen molar-refractivity contribution in [2.24, 2.45) is 0 Å². The van der Waals surface area contributed by atoms with Gasteiger partial charge >= 0.3 is 5.97 Å². The van der Waals surface area contributed by atoms with Gasteiger partial charge in [0, 0.05) is 50.8 Å². The number of hydrogen-bond acceptors (Lipinski definition) is 8. The van der Waals surface area contributed by atoms with Crippen LogP contribution in [-0.4, -0.2) is 89.4 Å². The van der Waals surface area contributed by atoms with E-state index in [1.54, 1.807) is 6.07 Å². The summed E-state index contributed by atoms with van der Waals surface area (Å²) in [4.78, 5) is 16.6. The van der Waals surface area contributed by atoms with Gasteiger partial charge in [-0.05, 0) is 42.9 Å². The van der Waals surface area contributed by atoms with Crippen LogP contribution in [0.3, 0.4) is 0 Å². The number of hydrogen-bond donors (Lipinski definition) is 3. The highest BCUT2D eigenvalue weighted by Crippen LogP contribution is 2.37. The van der Waals surface area contributed by atoms with Crippen molar-refractivity contribution in [2.75, 3.05) is 39.5 Å². The molecule has 10 nitrogen and oxygen atoms in total. The summed E-state index contributed by atoms with van der Waals surface area (Å²) in [7, 11) is -4.01. The minimum atomic E-state index is -4.01. The summed E-state index contributed by atoms with van der Waals surface area (Å²) in [5, 5.41) is 28.3. The summed E-state index contributed by atoms with van der Waals surface area (Å²) >= 11 is 0. The summed E-state index contributed by atoms with van der Waals surface area (Å²) in [5.41, 5.74) is 3.77. The second kappa shape index (κ2) is 11.4. The first-order valence-corrected chi connectivity index (χ1v) is 13.9. The molecule has 0 spiro atoms. The molecule has 2 saturated heterocycles. The third-order valence-corrected chi connectivity index (χ3v) is 9.95. The summed E-state index contributed by atoms with van der Waals surface area (Å²) in [6, 6.07) is 11.5. The number of aliphatic hydroxyl groups excluding tert-OH is 2. The van der Waals surface area contributed by atoms with E-state index >= 15 is 0 Å². The number of piperidine rings is 1. The highest BCUT2D eigenvalue weighted by atomic mass is 32.2. The van der Waals surface area contributed by atoms with Crippen molar-refractivity contribution in [3.63, 3.8) is 0 Å². The van der Waals surface area contributed by atoms with Crippen LogP contribution in [-0.2, 0) is 19.6 Å². The quantitative estimate of drug-likeness (QED) is 0.439. The molecule has 2 aliphatic heterocycles. The highest BCUT2D eigenvalue weighted by Gasteiger charge is 2.54. The van der Waals surface area contributed by atoms with Crippen molar-refractivity contribution in [1.29, 1.82) is 0 Å². The number of aromatic nitrogens is 1. The minimum Gasteiger partial charge on any atom is -0.480 e. The molecular formula is C26H34N2O8S. The fourth-order valence-electron chi connectivity index (χ4n) is 5.07. The Balaban J connectivity index is 1.44. The molecule has 3 N–H and O–H groups in total. The van der Waals surface area contributed by atoms with Gasteiger partial charge in [-0.15, -0.1) is 0 Å². The average Bonchev–Trinajstić information content (AvgIpc) is 2.92. The Kier molecular flexibility index (Phi) is 8.49. The zero-order valence-electron chi connectivity index (χ0n) is 20.9. The number of pyridine rings is 1. The Morgan fingerprint density at radius 1 is 1.22 bits per heavy atom. The Morgan fingerprint density at radius 3 is 2.54 bits per heavy atom. The van der Waals surface area contributed by atoms with E-state index in [1.165, 1.54) is 4.31 Å². The predicted octanol–water partition coefficient (Wildman–Crippen LogP) is 1.93. The number of nitrogens with zero attached hydrogens (tertiary/aromatic N) is 2. The van der Waals surface area contributed by atoms with Crippen LogP contribution in [0.2, 0.25) is 0 Å². The first-order chi connectivity index (χ1) is 17.7. The molecular weight excluding hydrogens is 500 g/mol. The van der Waals surface area contributed by atoms with Gasteiger partial charge in [-0.25, -0.2) is 17.7 Å². The fraction of sp³-hybridized carbons (Fsp3) is 0.538. The van der Waals surface area contributed by atoms with Crippen LogP contribution in [0.4, 0.5) is 0 Å². The SMILES string of the molecule is Cc1cc(C2CCN(S(=O)(=O)C3(C(=O)O)CCOCC3)CC2)ccc1-c1cccc(OCC(O)CO)n1. The highest BCUT2D eigenvalue weighted by molar-refractivity contribution is 7.91. The van der Waals surface area contributed by atoms with Gasteiger partial charge in [-0.3, -0.25) is 4.79 Å². The first kappa shape index (κ1) is 27.5. The van der Waals surface area contributed by atoms with Gasteiger partial charge in [0.1, 0.15) is 12.7 Å². The molecule has 11 heteroatoms. The van der Waals surface area contributed by atoms with E-state index in [4.69, 9.17) is 14.6 Å². The van der Waals surface area contributed by atoms with Crippen LogP contribution in [0, 0.1) is 6.92 Å². The lowest BCUT2D eigenvalue weighted by molar-refractivity contribution is -0.142. The van der Waals surface area contributed by atoms with Gasteiger partial charge in [0.2, 0.25) is 15.9 Å². The zero-order chi connectivity index (χ0) is 26.6. The van der Waals surface area contributed by atoms with Crippen molar-refractivity contribution in [3.8, 4) is 17.1 Å². The van der Waals surface area contributed by atoms with Crippen LogP contribution in [0.15, 0.2) is 36.4 Å². The van der Waals surface area contributed by atoms with E-state index in [-0.39, 0.29) is 58.3 Å². The van der Waals surface area contributed by atoms with Crippen molar-refractivity contribution in [2.45, 2.75) is 49.4 Å². The van der Waals surface area contributed by atoms with Gasteiger partial charge < -0.3 is 24.8 Å². The largest absolute Gasteiger partial charge is 0.480 e. The number of carboxylic acids is 1. The number of benzene rings is 1. The minimum absolute atomic E-state index is 0.0342. The normalized spacial score (nSPS) is 19.9. The second-order valence-electron chi connectivity index (χ2n) is 9.67. The maximum Gasteiger partial charge on any atom is 0.326 e. The first-order valence-electron chi connectivity index (χ1n) is 12.5. The number of carbonyl (C=O) groups is 1. The molecule has 1 aromatic carbocycles. The summed E-state index contributed by atoms with van der Waals surface area (Å²) in [5.74, 6) is -0.778. The Hall–Kier alpha value is -2.57. The molecule has 2 aliphatic rings. The molecule has 2 aromatic rings. The number of carboxylic acid groups (broad SMARTS) is 1. The molecule has 3 heterocycles. The number of aliphatic hydroxyl groups is 2. The van der Waals surface area contributed by atoms with E-state index in [0.717, 1.165) is 22.4 Å². The Bertz CT molecular complexity index is 1200. The van der Waals surface area contributed by atoms with Gasteiger partial charge in [0.25, 0.3) is 0 Å². The van der Waals surface area contributed by atoms with Gasteiger partial charge in [-0.2, -0.15) is 0 Å². The average molecular weight is 535 g/mol. The molecule has 0 radical (unpaired) electrons. The monoisotopic (exact) mass is 534 g/mol. The molecule has 0 bridgehead atoms. The number of aliphatic carboxylic acids is 1. The smallest absolute Gasteiger partial charge is 0.326 e. The zero-order valence-corrected chi connectivity index (χ0v) is 21.7. The van der Waals surface area contributed by atoms with Crippen molar-refractivity contribution < 1.29 is 38.0 Å². The molecule has 2 fully saturated rings. The van der Waals surface area contributed by atoms with Crippen LogP contribution in [0.25, 0.3) is 11.3 Å². The third-order valence-electron chi connectivity index (χ3n) is 7.33. The van der Waals surface area contributed by atoms with Crippen molar-refractivity contribution in [1.82, 2.24) is 9.29 Å². The standard InChI is InChI=1S/C26H34N2O8S/c1-18-15-20(5-6-22(18)23-3-2-4-24(27-23)36-17-21(30)16-29)19-7-11-28(12-8-19)37(33,34)26(25(31)32)9-13-35-14-10-26/h2-6,15,19,21,29-30H,7-14,16-17H2,1H3,(H,31,32). The lowest BCUT2D eigenvalue weighted by Crippen LogP contribution is -2.57. The van der Waals surface area contributed by atoms with Crippen LogP contribution >= 0.6 is 0 Å². The summed E-state index contributed by atoms with van der Waals surface area (Å²) in [6.45, 7) is 2.37. The fourth-order valence-corrected chi connectivity index (χ4v) is 7.16. The number of rotatable bonds is 9. The van der Waals surface area contributed by atoms with E-state index in [2.05, 4.69) is 11.1 Å². The predicted molar refractivity (Wildman–Crippen MR) is 136 cm³/mol. The Labute approximate surface area is 216 Å². The maximum absolute atomic E-state index is 13.4.